The summed E-state index contributed by atoms with van der Waals surface area (Å²) in [4.78, 5) is 15.9. The summed E-state index contributed by atoms with van der Waals surface area (Å²) < 4.78 is 0. The van der Waals surface area contributed by atoms with Crippen molar-refractivity contribution in [2.45, 2.75) is 6.92 Å². The fourth-order valence-corrected chi connectivity index (χ4v) is 1.46. The summed E-state index contributed by atoms with van der Waals surface area (Å²) in [5.74, 6) is -0.375. The van der Waals surface area contributed by atoms with Crippen LogP contribution in [0.1, 0.15) is 15.9 Å². The minimum Gasteiger partial charge on any atom is -0.508 e. The summed E-state index contributed by atoms with van der Waals surface area (Å²) in [5.41, 5.74) is 1.15. The molecule has 18 heavy (non-hydrogen) atoms. The zero-order valence-corrected chi connectivity index (χ0v) is 9.71. The Morgan fingerprint density at radius 1 is 1.17 bits per heavy atom. The first-order valence-corrected chi connectivity index (χ1v) is 5.31. The van der Waals surface area contributed by atoms with Crippen LogP contribution >= 0.6 is 0 Å². The van der Waals surface area contributed by atoms with E-state index in [1.54, 1.807) is 12.3 Å². The van der Waals surface area contributed by atoms with Gasteiger partial charge in [0.15, 0.2) is 0 Å². The number of amides is 1. The standard InChI is InChI=1S/C13H12N2O3/c1-8-2-3-12(14-7-8)15-13(18)9-4-10(16)6-11(17)5-9/h2-7,16-17H,1H3,(H,14,15,18). The van der Waals surface area contributed by atoms with Crippen LogP contribution in [0.2, 0.25) is 0 Å². The fraction of sp³-hybridized carbons (Fsp3) is 0.0769. The summed E-state index contributed by atoms with van der Waals surface area (Å²) in [6.07, 6.45) is 1.63. The van der Waals surface area contributed by atoms with Crippen molar-refractivity contribution in [3.63, 3.8) is 0 Å². The van der Waals surface area contributed by atoms with Crippen LogP contribution in [0.15, 0.2) is 36.5 Å². The third kappa shape index (κ3) is 2.76. The molecular formula is C13H12N2O3. The van der Waals surface area contributed by atoms with E-state index in [4.69, 9.17) is 0 Å². The summed E-state index contributed by atoms with van der Waals surface area (Å²) in [5, 5.41) is 21.1. The predicted octanol–water partition coefficient (Wildman–Crippen LogP) is 2.05. The molecule has 0 radical (unpaired) electrons. The SMILES string of the molecule is Cc1ccc(NC(=O)c2cc(O)cc(O)c2)nc1. The second kappa shape index (κ2) is 4.75. The van der Waals surface area contributed by atoms with Crippen molar-refractivity contribution < 1.29 is 15.0 Å². The van der Waals surface area contributed by atoms with Crippen LogP contribution in [0, 0.1) is 6.92 Å². The van der Waals surface area contributed by atoms with Crippen LogP contribution in [0.5, 0.6) is 11.5 Å². The van der Waals surface area contributed by atoms with Gasteiger partial charge in [-0.25, -0.2) is 4.98 Å². The van der Waals surface area contributed by atoms with Gasteiger partial charge in [-0.05, 0) is 30.7 Å². The molecule has 2 rings (SSSR count). The number of nitrogens with zero attached hydrogens (tertiary/aromatic N) is 1. The van der Waals surface area contributed by atoms with Gasteiger partial charge in [0.1, 0.15) is 17.3 Å². The van der Waals surface area contributed by atoms with E-state index in [-0.39, 0.29) is 17.1 Å². The van der Waals surface area contributed by atoms with Gasteiger partial charge in [0, 0.05) is 17.8 Å². The van der Waals surface area contributed by atoms with Crippen LogP contribution in [-0.2, 0) is 0 Å². The average molecular weight is 244 g/mol. The van der Waals surface area contributed by atoms with Crippen molar-refractivity contribution in [3.05, 3.63) is 47.7 Å². The average Bonchev–Trinajstić information content (AvgIpc) is 2.31. The van der Waals surface area contributed by atoms with E-state index in [0.29, 0.717) is 5.82 Å². The number of nitrogens with one attached hydrogen (secondary N) is 1. The van der Waals surface area contributed by atoms with E-state index in [1.807, 2.05) is 13.0 Å². The van der Waals surface area contributed by atoms with Gasteiger partial charge < -0.3 is 15.5 Å². The number of rotatable bonds is 2. The molecule has 1 aromatic carbocycles. The number of carbonyl (C=O) groups is 1. The number of pyridine rings is 1. The lowest BCUT2D eigenvalue weighted by atomic mass is 10.2. The Bertz CT molecular complexity index is 559. The largest absolute Gasteiger partial charge is 0.508 e. The van der Waals surface area contributed by atoms with E-state index < -0.39 is 5.91 Å². The number of phenolic OH excluding ortho intramolecular Hbond substituents is 2. The third-order valence-corrected chi connectivity index (χ3v) is 2.32. The maximum atomic E-state index is 11.8. The predicted molar refractivity (Wildman–Crippen MR) is 66.7 cm³/mol. The minimum absolute atomic E-state index is 0.162. The molecule has 2 aromatic rings. The Morgan fingerprint density at radius 3 is 2.39 bits per heavy atom. The molecule has 0 aliphatic carbocycles. The van der Waals surface area contributed by atoms with E-state index in [1.165, 1.54) is 12.1 Å². The van der Waals surface area contributed by atoms with Crippen molar-refractivity contribution >= 4 is 11.7 Å². The van der Waals surface area contributed by atoms with Crippen LogP contribution in [0.25, 0.3) is 0 Å². The smallest absolute Gasteiger partial charge is 0.257 e. The first kappa shape index (κ1) is 11.9. The van der Waals surface area contributed by atoms with Crippen molar-refractivity contribution in [1.29, 1.82) is 0 Å². The molecule has 92 valence electrons. The van der Waals surface area contributed by atoms with Gasteiger partial charge in [0.2, 0.25) is 0 Å². The van der Waals surface area contributed by atoms with Gasteiger partial charge in [-0.2, -0.15) is 0 Å². The molecule has 0 aliphatic heterocycles. The molecule has 0 fully saturated rings. The number of hydrogen-bond acceptors (Lipinski definition) is 4. The number of benzene rings is 1. The number of hydrogen-bond donors (Lipinski definition) is 3. The highest BCUT2D eigenvalue weighted by Gasteiger charge is 2.09. The molecule has 0 bridgehead atoms. The van der Waals surface area contributed by atoms with Crippen LogP contribution in [0.4, 0.5) is 5.82 Å². The number of aromatic hydroxyl groups is 2. The Labute approximate surface area is 104 Å². The first-order valence-electron chi connectivity index (χ1n) is 5.31. The molecular weight excluding hydrogens is 232 g/mol. The molecule has 0 unspecified atom stereocenters. The van der Waals surface area contributed by atoms with Gasteiger partial charge in [-0.3, -0.25) is 4.79 Å². The van der Waals surface area contributed by atoms with E-state index in [2.05, 4.69) is 10.3 Å². The van der Waals surface area contributed by atoms with Crippen molar-refractivity contribution in [3.8, 4) is 11.5 Å². The van der Waals surface area contributed by atoms with Gasteiger partial charge in [-0.1, -0.05) is 6.07 Å². The topological polar surface area (TPSA) is 82.5 Å². The Hall–Kier alpha value is -2.56. The van der Waals surface area contributed by atoms with Crippen molar-refractivity contribution in [1.82, 2.24) is 4.98 Å². The monoisotopic (exact) mass is 244 g/mol. The second-order valence-corrected chi connectivity index (χ2v) is 3.91. The third-order valence-electron chi connectivity index (χ3n) is 2.32. The zero-order valence-electron chi connectivity index (χ0n) is 9.71. The number of phenols is 2. The molecule has 1 heterocycles. The van der Waals surface area contributed by atoms with E-state index in [9.17, 15) is 15.0 Å². The highest BCUT2D eigenvalue weighted by atomic mass is 16.3. The molecule has 0 saturated carbocycles. The molecule has 1 aromatic heterocycles. The number of aromatic nitrogens is 1. The lowest BCUT2D eigenvalue weighted by Crippen LogP contribution is -2.12. The molecule has 5 heteroatoms. The molecule has 1 amide bonds. The van der Waals surface area contributed by atoms with Crippen LogP contribution < -0.4 is 5.32 Å². The molecule has 5 nitrogen and oxygen atoms in total. The zero-order chi connectivity index (χ0) is 13.1. The van der Waals surface area contributed by atoms with Crippen LogP contribution in [-0.4, -0.2) is 21.1 Å². The quantitative estimate of drug-likeness (QED) is 0.755. The summed E-state index contributed by atoms with van der Waals surface area (Å²) in [6.45, 7) is 1.89. The second-order valence-electron chi connectivity index (χ2n) is 3.91. The molecule has 0 spiro atoms. The van der Waals surface area contributed by atoms with Gasteiger partial charge in [0.25, 0.3) is 5.91 Å². The molecule has 0 aliphatic rings. The minimum atomic E-state index is -0.447. The first-order chi connectivity index (χ1) is 8.54. The van der Waals surface area contributed by atoms with E-state index in [0.717, 1.165) is 11.6 Å². The molecule has 0 atom stereocenters. The molecule has 0 saturated heterocycles. The number of aryl methyl sites for hydroxylation is 1. The van der Waals surface area contributed by atoms with Gasteiger partial charge in [0.05, 0.1) is 0 Å². The summed E-state index contributed by atoms with van der Waals surface area (Å²) in [7, 11) is 0. The number of carbonyl (C=O) groups excluding carboxylic acids is 1. The maximum Gasteiger partial charge on any atom is 0.257 e. The van der Waals surface area contributed by atoms with Gasteiger partial charge >= 0.3 is 0 Å². The Kier molecular flexibility index (Phi) is 3.14. The maximum absolute atomic E-state index is 11.8. The van der Waals surface area contributed by atoms with Gasteiger partial charge in [-0.15, -0.1) is 0 Å². The van der Waals surface area contributed by atoms with Crippen LogP contribution in [0.3, 0.4) is 0 Å². The lowest BCUT2D eigenvalue weighted by molar-refractivity contribution is 0.102. The highest BCUT2D eigenvalue weighted by Crippen LogP contribution is 2.21. The Morgan fingerprint density at radius 2 is 1.83 bits per heavy atom. The Balaban J connectivity index is 2.19. The lowest BCUT2D eigenvalue weighted by Gasteiger charge is -2.05. The summed E-state index contributed by atoms with van der Waals surface area (Å²) in [6, 6.07) is 7.19. The molecule has 3 N–H and O–H groups in total. The van der Waals surface area contributed by atoms with Crippen molar-refractivity contribution in [2.24, 2.45) is 0 Å². The number of anilines is 1. The summed E-state index contributed by atoms with van der Waals surface area (Å²) >= 11 is 0. The van der Waals surface area contributed by atoms with E-state index >= 15 is 0 Å². The normalized spacial score (nSPS) is 10.1. The van der Waals surface area contributed by atoms with Crippen molar-refractivity contribution in [2.75, 3.05) is 5.32 Å². The fourth-order valence-electron chi connectivity index (χ4n) is 1.46. The highest BCUT2D eigenvalue weighted by molar-refractivity contribution is 6.04.